The molecule has 0 atom stereocenters. The maximum atomic E-state index is 13.3. The largest absolute Gasteiger partial charge is 0.493 e. The number of rotatable bonds is 4. The van der Waals surface area contributed by atoms with E-state index < -0.39 is 0 Å². The Bertz CT molecular complexity index is 736. The van der Waals surface area contributed by atoms with Gasteiger partial charge in [-0.25, -0.2) is 4.39 Å². The smallest absolute Gasteiger partial charge is 0.161 e. The molecule has 0 aliphatic heterocycles. The van der Waals surface area contributed by atoms with Gasteiger partial charge in [-0.15, -0.1) is 0 Å². The Morgan fingerprint density at radius 2 is 1.90 bits per heavy atom. The van der Waals surface area contributed by atoms with E-state index in [1.54, 1.807) is 13.2 Å². The van der Waals surface area contributed by atoms with Crippen LogP contribution in [0.15, 0.2) is 48.7 Å². The number of halogens is 1. The third-order valence-electron chi connectivity index (χ3n) is 3.18. The number of para-hydroxylation sites is 2. The van der Waals surface area contributed by atoms with Crippen LogP contribution in [0.1, 0.15) is 5.56 Å². The molecule has 0 aliphatic rings. The summed E-state index contributed by atoms with van der Waals surface area (Å²) in [5.41, 5.74) is 1.80. The third-order valence-corrected chi connectivity index (χ3v) is 3.18. The van der Waals surface area contributed by atoms with Gasteiger partial charge >= 0.3 is 0 Å². The van der Waals surface area contributed by atoms with Gasteiger partial charge in [0.25, 0.3) is 0 Å². The highest BCUT2D eigenvalue weighted by Gasteiger charge is 2.07. The first-order valence-corrected chi connectivity index (χ1v) is 6.29. The Hall–Kier alpha value is -2.49. The highest BCUT2D eigenvalue weighted by Crippen LogP contribution is 2.28. The van der Waals surface area contributed by atoms with Crippen molar-refractivity contribution in [3.05, 3.63) is 60.0 Å². The second kappa shape index (κ2) is 5.25. The summed E-state index contributed by atoms with van der Waals surface area (Å²) < 4.78 is 24.3. The van der Waals surface area contributed by atoms with Crippen molar-refractivity contribution in [3.8, 4) is 11.5 Å². The number of benzene rings is 2. The van der Waals surface area contributed by atoms with Gasteiger partial charge in [0.1, 0.15) is 12.4 Å². The zero-order chi connectivity index (χ0) is 13.9. The number of ether oxygens (including phenoxy) is 2. The molecule has 0 amide bonds. The first-order chi connectivity index (χ1) is 9.78. The molecule has 1 N–H and O–H groups in total. The molecule has 3 aromatic rings. The van der Waals surface area contributed by atoms with Gasteiger partial charge in [0.05, 0.1) is 7.11 Å². The van der Waals surface area contributed by atoms with Crippen LogP contribution < -0.4 is 9.47 Å². The summed E-state index contributed by atoms with van der Waals surface area (Å²) in [4.78, 5) is 3.10. The van der Waals surface area contributed by atoms with Gasteiger partial charge in [-0.3, -0.25) is 0 Å². The number of nitrogens with one attached hydrogen (secondary N) is 1. The van der Waals surface area contributed by atoms with Crippen LogP contribution in [0.25, 0.3) is 10.9 Å². The number of aromatic nitrogens is 1. The lowest BCUT2D eigenvalue weighted by atomic mass is 10.2. The van der Waals surface area contributed by atoms with Crippen molar-refractivity contribution in [2.24, 2.45) is 0 Å². The van der Waals surface area contributed by atoms with E-state index in [0.29, 0.717) is 18.1 Å². The van der Waals surface area contributed by atoms with Crippen LogP contribution in [0.5, 0.6) is 11.5 Å². The average Bonchev–Trinajstić information content (AvgIpc) is 2.87. The number of H-pyrrole nitrogens is 1. The molecule has 1 aromatic heterocycles. The molecule has 0 aliphatic carbocycles. The molecule has 0 saturated heterocycles. The van der Waals surface area contributed by atoms with Crippen LogP contribution in [-0.2, 0) is 6.61 Å². The fourth-order valence-corrected chi connectivity index (χ4v) is 2.16. The van der Waals surface area contributed by atoms with Gasteiger partial charge in [0, 0.05) is 22.7 Å². The minimum Gasteiger partial charge on any atom is -0.493 e. The molecule has 3 rings (SSSR count). The lowest BCUT2D eigenvalue weighted by Crippen LogP contribution is -1.96. The molecule has 102 valence electrons. The van der Waals surface area contributed by atoms with Crippen LogP contribution >= 0.6 is 0 Å². The molecule has 0 spiro atoms. The van der Waals surface area contributed by atoms with Crippen LogP contribution in [0, 0.1) is 5.82 Å². The molecule has 0 saturated carbocycles. The van der Waals surface area contributed by atoms with Crippen molar-refractivity contribution < 1.29 is 13.9 Å². The number of aromatic amines is 1. The predicted octanol–water partition coefficient (Wildman–Crippen LogP) is 3.89. The van der Waals surface area contributed by atoms with E-state index >= 15 is 0 Å². The van der Waals surface area contributed by atoms with E-state index in [-0.39, 0.29) is 5.82 Å². The summed E-state index contributed by atoms with van der Waals surface area (Å²) in [6.07, 6.45) is 1.83. The summed E-state index contributed by atoms with van der Waals surface area (Å²) in [6, 6.07) is 12.1. The maximum Gasteiger partial charge on any atom is 0.161 e. The molecule has 0 radical (unpaired) electrons. The minimum absolute atomic E-state index is 0.254. The highest BCUT2D eigenvalue weighted by molar-refractivity contribution is 5.83. The quantitative estimate of drug-likeness (QED) is 0.781. The molecule has 0 unspecified atom stereocenters. The Kier molecular flexibility index (Phi) is 3.29. The molecule has 2 aromatic carbocycles. The van der Waals surface area contributed by atoms with Gasteiger partial charge in [-0.2, -0.15) is 0 Å². The van der Waals surface area contributed by atoms with Crippen LogP contribution in [0.4, 0.5) is 4.39 Å². The minimum atomic E-state index is -0.254. The normalized spacial score (nSPS) is 10.7. The molecular weight excluding hydrogens is 257 g/mol. The summed E-state index contributed by atoms with van der Waals surface area (Å²) in [5.74, 6) is 1.09. The Labute approximate surface area is 116 Å². The fraction of sp³-hybridized carbons (Fsp3) is 0.125. The molecular formula is C16H14FNO2. The van der Waals surface area contributed by atoms with Crippen molar-refractivity contribution in [1.82, 2.24) is 4.98 Å². The van der Waals surface area contributed by atoms with Gasteiger partial charge in [0.2, 0.25) is 0 Å². The van der Waals surface area contributed by atoms with E-state index in [9.17, 15) is 4.39 Å². The van der Waals surface area contributed by atoms with Gasteiger partial charge in [-0.1, -0.05) is 12.1 Å². The third kappa shape index (κ3) is 2.32. The highest BCUT2D eigenvalue weighted by atomic mass is 19.1. The van der Waals surface area contributed by atoms with Crippen LogP contribution in [0.2, 0.25) is 0 Å². The SMILES string of the molecule is COc1ccccc1OCc1c[nH]c2ccc(F)cc12. The summed E-state index contributed by atoms with van der Waals surface area (Å²) >= 11 is 0. The Morgan fingerprint density at radius 1 is 1.10 bits per heavy atom. The summed E-state index contributed by atoms with van der Waals surface area (Å²) in [5, 5.41) is 0.833. The monoisotopic (exact) mass is 271 g/mol. The van der Waals surface area contributed by atoms with Crippen molar-refractivity contribution >= 4 is 10.9 Å². The van der Waals surface area contributed by atoms with Gasteiger partial charge in [-0.05, 0) is 30.3 Å². The van der Waals surface area contributed by atoms with Crippen molar-refractivity contribution in [2.45, 2.75) is 6.61 Å². The average molecular weight is 271 g/mol. The van der Waals surface area contributed by atoms with E-state index in [2.05, 4.69) is 4.98 Å². The van der Waals surface area contributed by atoms with E-state index in [0.717, 1.165) is 16.5 Å². The molecule has 0 bridgehead atoms. The molecule has 20 heavy (non-hydrogen) atoms. The zero-order valence-corrected chi connectivity index (χ0v) is 11.0. The zero-order valence-electron chi connectivity index (χ0n) is 11.0. The van der Waals surface area contributed by atoms with Crippen LogP contribution in [-0.4, -0.2) is 12.1 Å². The fourth-order valence-electron chi connectivity index (χ4n) is 2.16. The van der Waals surface area contributed by atoms with Gasteiger partial charge in [0.15, 0.2) is 11.5 Å². The second-order valence-electron chi connectivity index (χ2n) is 4.44. The number of methoxy groups -OCH3 is 1. The first-order valence-electron chi connectivity index (χ1n) is 6.29. The standard InChI is InChI=1S/C16H14FNO2/c1-19-15-4-2-3-5-16(15)20-10-11-9-18-14-7-6-12(17)8-13(11)14/h2-9,18H,10H2,1H3. The Morgan fingerprint density at radius 3 is 2.70 bits per heavy atom. The molecule has 0 fully saturated rings. The molecule has 4 heteroatoms. The lowest BCUT2D eigenvalue weighted by molar-refractivity contribution is 0.285. The topological polar surface area (TPSA) is 34.2 Å². The van der Waals surface area contributed by atoms with E-state index in [4.69, 9.17) is 9.47 Å². The summed E-state index contributed by atoms with van der Waals surface area (Å²) in [6.45, 7) is 0.351. The maximum absolute atomic E-state index is 13.3. The second-order valence-corrected chi connectivity index (χ2v) is 4.44. The van der Waals surface area contributed by atoms with Crippen molar-refractivity contribution in [2.75, 3.05) is 7.11 Å². The number of hydrogen-bond donors (Lipinski definition) is 1. The predicted molar refractivity (Wildman–Crippen MR) is 75.6 cm³/mol. The molecule has 3 nitrogen and oxygen atoms in total. The van der Waals surface area contributed by atoms with Gasteiger partial charge < -0.3 is 14.5 Å². The number of fused-ring (bicyclic) bond motifs is 1. The summed E-state index contributed by atoms with van der Waals surface area (Å²) in [7, 11) is 1.60. The number of hydrogen-bond acceptors (Lipinski definition) is 2. The van der Waals surface area contributed by atoms with E-state index in [1.165, 1.54) is 12.1 Å². The van der Waals surface area contributed by atoms with Crippen molar-refractivity contribution in [1.29, 1.82) is 0 Å². The molecule has 1 heterocycles. The lowest BCUT2D eigenvalue weighted by Gasteiger charge is -2.09. The first kappa shape index (κ1) is 12.5. The Balaban J connectivity index is 1.85. The van der Waals surface area contributed by atoms with Crippen molar-refractivity contribution in [3.63, 3.8) is 0 Å². The van der Waals surface area contributed by atoms with E-state index in [1.807, 2.05) is 30.5 Å². The van der Waals surface area contributed by atoms with Crippen LogP contribution in [0.3, 0.4) is 0 Å².